The van der Waals surface area contributed by atoms with Gasteiger partial charge in [0.15, 0.2) is 5.82 Å². The second kappa shape index (κ2) is 3.97. The summed E-state index contributed by atoms with van der Waals surface area (Å²) in [5.41, 5.74) is 4.32. The molecule has 1 saturated heterocycles. The standard InChI is InChI=1S/C11H12F3NO/c12-10-7(3-1-4-8(10)15)11(13,14)9-5-2-6-16-9/h1,3-4,9H,2,5-6,15H2/t9-/m0/s1. The van der Waals surface area contributed by atoms with Gasteiger partial charge in [-0.3, -0.25) is 0 Å². The lowest BCUT2D eigenvalue weighted by Gasteiger charge is -2.23. The molecule has 2 nitrogen and oxygen atoms in total. The molecule has 0 aliphatic carbocycles. The smallest absolute Gasteiger partial charge is 0.301 e. The van der Waals surface area contributed by atoms with Crippen LogP contribution in [0.25, 0.3) is 0 Å². The first kappa shape index (κ1) is 11.3. The number of nitrogens with two attached hydrogens (primary N) is 1. The fourth-order valence-electron chi connectivity index (χ4n) is 1.84. The van der Waals surface area contributed by atoms with Crippen molar-refractivity contribution in [1.82, 2.24) is 0 Å². The lowest BCUT2D eigenvalue weighted by molar-refractivity contribution is -0.124. The van der Waals surface area contributed by atoms with Gasteiger partial charge in [0.05, 0.1) is 11.3 Å². The Bertz CT molecular complexity index is 389. The molecule has 16 heavy (non-hydrogen) atoms. The van der Waals surface area contributed by atoms with Crippen molar-refractivity contribution in [2.45, 2.75) is 24.9 Å². The van der Waals surface area contributed by atoms with E-state index in [1.54, 1.807) is 0 Å². The van der Waals surface area contributed by atoms with Gasteiger partial charge in [-0.15, -0.1) is 0 Å². The molecule has 1 aromatic carbocycles. The van der Waals surface area contributed by atoms with Crippen LogP contribution in [-0.2, 0) is 10.7 Å². The summed E-state index contributed by atoms with van der Waals surface area (Å²) in [5, 5.41) is 0. The van der Waals surface area contributed by atoms with Gasteiger partial charge in [0, 0.05) is 6.61 Å². The summed E-state index contributed by atoms with van der Waals surface area (Å²) in [7, 11) is 0. The van der Waals surface area contributed by atoms with Crippen molar-refractivity contribution in [3.8, 4) is 0 Å². The summed E-state index contributed by atoms with van der Waals surface area (Å²) < 4.78 is 46.2. The highest BCUT2D eigenvalue weighted by atomic mass is 19.3. The van der Waals surface area contributed by atoms with Crippen LogP contribution in [-0.4, -0.2) is 12.7 Å². The highest BCUT2D eigenvalue weighted by Gasteiger charge is 2.45. The maximum Gasteiger partial charge on any atom is 0.301 e. The van der Waals surface area contributed by atoms with Gasteiger partial charge in [-0.25, -0.2) is 4.39 Å². The zero-order chi connectivity index (χ0) is 11.8. The highest BCUT2D eigenvalue weighted by molar-refractivity contribution is 5.44. The van der Waals surface area contributed by atoms with Crippen LogP contribution >= 0.6 is 0 Å². The van der Waals surface area contributed by atoms with E-state index in [9.17, 15) is 13.2 Å². The first-order valence-electron chi connectivity index (χ1n) is 5.07. The van der Waals surface area contributed by atoms with Gasteiger partial charge in [-0.2, -0.15) is 8.78 Å². The van der Waals surface area contributed by atoms with E-state index in [0.717, 1.165) is 6.07 Å². The zero-order valence-electron chi connectivity index (χ0n) is 8.55. The van der Waals surface area contributed by atoms with Crippen LogP contribution < -0.4 is 5.73 Å². The Morgan fingerprint density at radius 3 is 2.75 bits per heavy atom. The molecule has 0 amide bonds. The van der Waals surface area contributed by atoms with E-state index >= 15 is 0 Å². The largest absolute Gasteiger partial charge is 0.396 e. The van der Waals surface area contributed by atoms with Gasteiger partial charge in [0.1, 0.15) is 6.10 Å². The Balaban J connectivity index is 2.38. The van der Waals surface area contributed by atoms with Crippen molar-refractivity contribution in [1.29, 1.82) is 0 Å². The molecule has 1 fully saturated rings. The van der Waals surface area contributed by atoms with E-state index in [0.29, 0.717) is 13.0 Å². The van der Waals surface area contributed by atoms with Crippen LogP contribution in [0, 0.1) is 5.82 Å². The zero-order valence-corrected chi connectivity index (χ0v) is 8.55. The summed E-state index contributed by atoms with van der Waals surface area (Å²) in [5.74, 6) is -4.38. The van der Waals surface area contributed by atoms with Gasteiger partial charge in [-0.1, -0.05) is 6.07 Å². The molecule has 0 spiro atoms. The molecular formula is C11H12F3NO. The molecule has 0 unspecified atom stereocenters. The molecule has 88 valence electrons. The number of halogens is 3. The predicted octanol–water partition coefficient (Wildman–Crippen LogP) is 2.68. The van der Waals surface area contributed by atoms with E-state index in [1.165, 1.54) is 12.1 Å². The number of hydrogen-bond donors (Lipinski definition) is 1. The minimum atomic E-state index is -3.32. The number of benzene rings is 1. The van der Waals surface area contributed by atoms with Crippen LogP contribution in [0.3, 0.4) is 0 Å². The van der Waals surface area contributed by atoms with Gasteiger partial charge >= 0.3 is 5.92 Å². The number of nitrogen functional groups attached to an aromatic ring is 1. The molecule has 1 aliphatic heterocycles. The molecule has 1 atom stereocenters. The molecule has 0 bridgehead atoms. The van der Waals surface area contributed by atoms with Crippen molar-refractivity contribution in [2.24, 2.45) is 0 Å². The molecule has 0 radical (unpaired) electrons. The third kappa shape index (κ3) is 1.75. The Labute approximate surface area is 91.2 Å². The van der Waals surface area contributed by atoms with Crippen LogP contribution in [0.1, 0.15) is 18.4 Å². The predicted molar refractivity (Wildman–Crippen MR) is 53.7 cm³/mol. The molecule has 2 N–H and O–H groups in total. The van der Waals surface area contributed by atoms with Crippen molar-refractivity contribution in [2.75, 3.05) is 12.3 Å². The Morgan fingerprint density at radius 2 is 2.12 bits per heavy atom. The number of hydrogen-bond acceptors (Lipinski definition) is 2. The second-order valence-electron chi connectivity index (χ2n) is 3.83. The van der Waals surface area contributed by atoms with E-state index in [4.69, 9.17) is 10.5 Å². The number of alkyl halides is 2. The number of ether oxygens (including phenoxy) is 1. The average Bonchev–Trinajstić information content (AvgIpc) is 2.75. The highest BCUT2D eigenvalue weighted by Crippen LogP contribution is 2.40. The first-order valence-corrected chi connectivity index (χ1v) is 5.07. The lowest BCUT2D eigenvalue weighted by Crippen LogP contribution is -2.31. The SMILES string of the molecule is Nc1cccc(C(F)(F)[C@@H]2CCCO2)c1F. The minimum absolute atomic E-state index is 0.237. The van der Waals surface area contributed by atoms with E-state index in [1.807, 2.05) is 0 Å². The molecule has 5 heteroatoms. The Morgan fingerprint density at radius 1 is 1.38 bits per heavy atom. The number of rotatable bonds is 2. The van der Waals surface area contributed by atoms with Crippen molar-refractivity contribution >= 4 is 5.69 Å². The third-order valence-electron chi connectivity index (χ3n) is 2.72. The quantitative estimate of drug-likeness (QED) is 0.794. The van der Waals surface area contributed by atoms with Crippen molar-refractivity contribution in [3.63, 3.8) is 0 Å². The monoisotopic (exact) mass is 231 g/mol. The maximum atomic E-state index is 13.9. The van der Waals surface area contributed by atoms with Crippen LogP contribution in [0.5, 0.6) is 0 Å². The van der Waals surface area contributed by atoms with Crippen molar-refractivity contribution < 1.29 is 17.9 Å². The van der Waals surface area contributed by atoms with Crippen LogP contribution in [0.15, 0.2) is 18.2 Å². The fraction of sp³-hybridized carbons (Fsp3) is 0.455. The summed E-state index contributed by atoms with van der Waals surface area (Å²) in [6.45, 7) is 0.296. The van der Waals surface area contributed by atoms with Gasteiger partial charge in [0.25, 0.3) is 0 Å². The van der Waals surface area contributed by atoms with E-state index in [2.05, 4.69) is 0 Å². The summed E-state index contributed by atoms with van der Waals surface area (Å²) in [4.78, 5) is 0. The fourth-order valence-corrected chi connectivity index (χ4v) is 1.84. The Hall–Kier alpha value is -1.23. The molecule has 1 aromatic rings. The second-order valence-corrected chi connectivity index (χ2v) is 3.83. The normalized spacial score (nSPS) is 21.3. The van der Waals surface area contributed by atoms with E-state index < -0.39 is 23.4 Å². The van der Waals surface area contributed by atoms with Crippen molar-refractivity contribution in [3.05, 3.63) is 29.6 Å². The molecule has 0 aromatic heterocycles. The summed E-state index contributed by atoms with van der Waals surface area (Å²) in [6, 6.07) is 3.62. The summed E-state index contributed by atoms with van der Waals surface area (Å²) in [6.07, 6.45) is -0.436. The molecule has 0 saturated carbocycles. The first-order chi connectivity index (χ1) is 7.53. The number of anilines is 1. The van der Waals surface area contributed by atoms with Gasteiger partial charge < -0.3 is 10.5 Å². The lowest BCUT2D eigenvalue weighted by atomic mass is 10.00. The topological polar surface area (TPSA) is 35.2 Å². The molecule has 1 aliphatic rings. The minimum Gasteiger partial charge on any atom is -0.396 e. The Kier molecular flexibility index (Phi) is 2.80. The van der Waals surface area contributed by atoms with E-state index in [-0.39, 0.29) is 12.1 Å². The van der Waals surface area contributed by atoms with Crippen LogP contribution in [0.4, 0.5) is 18.9 Å². The molecule has 2 rings (SSSR count). The maximum absolute atomic E-state index is 13.9. The summed E-state index contributed by atoms with van der Waals surface area (Å²) >= 11 is 0. The molecule has 1 heterocycles. The third-order valence-corrected chi connectivity index (χ3v) is 2.72. The van der Waals surface area contributed by atoms with Gasteiger partial charge in [-0.05, 0) is 25.0 Å². The average molecular weight is 231 g/mol. The van der Waals surface area contributed by atoms with Crippen LogP contribution in [0.2, 0.25) is 0 Å². The molecular weight excluding hydrogens is 219 g/mol. The van der Waals surface area contributed by atoms with Gasteiger partial charge in [0.2, 0.25) is 0 Å².